The first kappa shape index (κ1) is 17.0. The maximum atomic E-state index is 12.3. The zero-order valence-corrected chi connectivity index (χ0v) is 15.2. The van der Waals surface area contributed by atoms with Gasteiger partial charge in [0.05, 0.1) is 23.0 Å². The summed E-state index contributed by atoms with van der Waals surface area (Å²) in [7, 11) is 0. The number of carbonyl (C=O) groups excluding carboxylic acids is 1. The summed E-state index contributed by atoms with van der Waals surface area (Å²) < 4.78 is 6.34. The molecule has 3 aliphatic rings. The van der Waals surface area contributed by atoms with Crippen LogP contribution in [0.15, 0.2) is 12.1 Å². The summed E-state index contributed by atoms with van der Waals surface area (Å²) in [6.07, 6.45) is 2.50. The quantitative estimate of drug-likeness (QED) is 0.804. The lowest BCUT2D eigenvalue weighted by molar-refractivity contribution is -0.137. The average molecular weight is 364 g/mol. The molecule has 0 radical (unpaired) electrons. The average Bonchev–Trinajstić information content (AvgIpc) is 3.30. The van der Waals surface area contributed by atoms with E-state index in [2.05, 4.69) is 10.2 Å². The third-order valence-corrected chi connectivity index (χ3v) is 6.96. The maximum Gasteiger partial charge on any atom is 0.304 e. The van der Waals surface area contributed by atoms with Crippen molar-refractivity contribution in [1.29, 1.82) is 0 Å². The summed E-state index contributed by atoms with van der Waals surface area (Å²) in [6, 6.07) is 3.84. The molecule has 2 bridgehead atoms. The molecular weight excluding hydrogens is 340 g/mol. The van der Waals surface area contributed by atoms with E-state index in [1.165, 1.54) is 11.3 Å². The molecule has 1 aromatic heterocycles. The van der Waals surface area contributed by atoms with E-state index in [1.54, 1.807) is 0 Å². The normalized spacial score (nSPS) is 33.6. The molecule has 1 aromatic rings. The number of aryl methyl sites for hydroxylation is 1. The van der Waals surface area contributed by atoms with Gasteiger partial charge in [-0.05, 0) is 31.9 Å². The van der Waals surface area contributed by atoms with Gasteiger partial charge in [0.1, 0.15) is 0 Å². The number of nitrogens with zero attached hydrogens (tertiary/aromatic N) is 1. The van der Waals surface area contributed by atoms with Crippen LogP contribution in [0.5, 0.6) is 0 Å². The van der Waals surface area contributed by atoms with E-state index >= 15 is 0 Å². The Balaban J connectivity index is 1.38. The minimum Gasteiger partial charge on any atom is -0.481 e. The van der Waals surface area contributed by atoms with Crippen molar-refractivity contribution in [2.24, 2.45) is 11.8 Å². The number of rotatable bonds is 6. The number of fused-ring (bicyclic) bond motifs is 1. The van der Waals surface area contributed by atoms with Crippen LogP contribution in [-0.2, 0) is 9.53 Å². The number of carbonyl (C=O) groups is 2. The Bertz CT molecular complexity index is 690. The first-order chi connectivity index (χ1) is 12.0. The van der Waals surface area contributed by atoms with Gasteiger partial charge in [-0.25, -0.2) is 0 Å². The van der Waals surface area contributed by atoms with Gasteiger partial charge in [-0.3, -0.25) is 14.5 Å². The lowest BCUT2D eigenvalue weighted by atomic mass is 9.73. The predicted octanol–water partition coefficient (Wildman–Crippen LogP) is 1.74. The number of hydrogen-bond donors (Lipinski definition) is 2. The molecule has 0 aromatic carbocycles. The van der Waals surface area contributed by atoms with Gasteiger partial charge in [0.2, 0.25) is 0 Å². The highest BCUT2D eigenvalue weighted by Gasteiger charge is 2.62. The number of thiophene rings is 1. The molecule has 3 aliphatic heterocycles. The van der Waals surface area contributed by atoms with Gasteiger partial charge in [0.15, 0.2) is 0 Å². The Labute approximate surface area is 151 Å². The Morgan fingerprint density at radius 3 is 3.04 bits per heavy atom. The second kappa shape index (κ2) is 6.37. The highest BCUT2D eigenvalue weighted by molar-refractivity contribution is 7.13. The van der Waals surface area contributed by atoms with Crippen LogP contribution in [0.3, 0.4) is 0 Å². The van der Waals surface area contributed by atoms with Gasteiger partial charge in [-0.2, -0.15) is 0 Å². The molecule has 0 saturated carbocycles. The molecule has 1 spiro atoms. The highest BCUT2D eigenvalue weighted by Crippen LogP contribution is 2.54. The van der Waals surface area contributed by atoms with Gasteiger partial charge in [0.25, 0.3) is 5.91 Å². The largest absolute Gasteiger partial charge is 0.481 e. The van der Waals surface area contributed by atoms with Crippen LogP contribution in [-0.4, -0.2) is 59.8 Å². The molecule has 0 unspecified atom stereocenters. The summed E-state index contributed by atoms with van der Waals surface area (Å²) >= 11 is 1.51. The van der Waals surface area contributed by atoms with Crippen LogP contribution in [0.4, 0.5) is 0 Å². The van der Waals surface area contributed by atoms with Gasteiger partial charge in [-0.15, -0.1) is 11.3 Å². The summed E-state index contributed by atoms with van der Waals surface area (Å²) in [5, 5.41) is 12.0. The van der Waals surface area contributed by atoms with Crippen molar-refractivity contribution in [3.63, 3.8) is 0 Å². The number of likely N-dealkylation sites (tertiary alicyclic amines) is 1. The number of amides is 1. The molecule has 25 heavy (non-hydrogen) atoms. The second-order valence-corrected chi connectivity index (χ2v) is 8.82. The zero-order chi connectivity index (χ0) is 17.6. The molecule has 6 nitrogen and oxygen atoms in total. The molecule has 3 saturated heterocycles. The number of hydrogen-bond acceptors (Lipinski definition) is 5. The predicted molar refractivity (Wildman–Crippen MR) is 93.9 cm³/mol. The van der Waals surface area contributed by atoms with E-state index in [9.17, 15) is 9.59 Å². The minimum atomic E-state index is -0.755. The molecular formula is C18H24N2O4S. The number of aliphatic carboxylic acids is 1. The maximum absolute atomic E-state index is 12.3. The van der Waals surface area contributed by atoms with Crippen molar-refractivity contribution in [3.05, 3.63) is 21.9 Å². The lowest BCUT2D eigenvalue weighted by Gasteiger charge is -2.29. The number of carboxylic acid groups (broad SMARTS) is 1. The lowest BCUT2D eigenvalue weighted by Crippen LogP contribution is -2.41. The minimum absolute atomic E-state index is 0.00402. The SMILES string of the molecule is Cc1ccc(C(=O)NC[C@H]2[C@H]3CN(CCC(=O)O)C[C@]34CC[C@H]2O4)s1. The van der Waals surface area contributed by atoms with Crippen molar-refractivity contribution >= 4 is 23.2 Å². The van der Waals surface area contributed by atoms with Crippen LogP contribution in [0.2, 0.25) is 0 Å². The van der Waals surface area contributed by atoms with Crippen LogP contribution in [0.1, 0.15) is 33.8 Å². The van der Waals surface area contributed by atoms with E-state index in [0.29, 0.717) is 24.9 Å². The monoisotopic (exact) mass is 364 g/mol. The molecule has 3 fully saturated rings. The van der Waals surface area contributed by atoms with Crippen molar-refractivity contribution in [2.75, 3.05) is 26.2 Å². The van der Waals surface area contributed by atoms with Crippen molar-refractivity contribution in [3.8, 4) is 0 Å². The van der Waals surface area contributed by atoms with Gasteiger partial charge in [-0.1, -0.05) is 0 Å². The Hall–Kier alpha value is -1.44. The van der Waals surface area contributed by atoms with E-state index in [1.807, 2.05) is 19.1 Å². The van der Waals surface area contributed by atoms with Crippen LogP contribution >= 0.6 is 11.3 Å². The summed E-state index contributed by atoms with van der Waals surface area (Å²) in [5.41, 5.74) is -0.113. The fourth-order valence-corrected chi connectivity index (χ4v) is 5.62. The van der Waals surface area contributed by atoms with E-state index in [0.717, 1.165) is 35.7 Å². The third kappa shape index (κ3) is 3.09. The number of carboxylic acids is 1. The summed E-state index contributed by atoms with van der Waals surface area (Å²) in [4.78, 5) is 27.3. The zero-order valence-electron chi connectivity index (χ0n) is 14.4. The van der Waals surface area contributed by atoms with Crippen molar-refractivity contribution in [1.82, 2.24) is 10.2 Å². The molecule has 4 rings (SSSR count). The fraction of sp³-hybridized carbons (Fsp3) is 0.667. The molecule has 7 heteroatoms. The van der Waals surface area contributed by atoms with Gasteiger partial charge < -0.3 is 15.2 Å². The first-order valence-electron chi connectivity index (χ1n) is 8.93. The van der Waals surface area contributed by atoms with E-state index < -0.39 is 5.97 Å². The highest BCUT2D eigenvalue weighted by atomic mass is 32.1. The van der Waals surface area contributed by atoms with E-state index in [-0.39, 0.29) is 24.0 Å². The molecule has 4 heterocycles. The Morgan fingerprint density at radius 1 is 1.48 bits per heavy atom. The Kier molecular flexibility index (Phi) is 4.33. The Morgan fingerprint density at radius 2 is 2.32 bits per heavy atom. The van der Waals surface area contributed by atoms with Gasteiger partial charge >= 0.3 is 5.97 Å². The molecule has 1 amide bonds. The second-order valence-electron chi connectivity index (χ2n) is 7.53. The van der Waals surface area contributed by atoms with Gasteiger partial charge in [0, 0.05) is 42.9 Å². The first-order valence-corrected chi connectivity index (χ1v) is 9.75. The topological polar surface area (TPSA) is 78.9 Å². The standard InChI is InChI=1S/C18H24N2O4S/c1-11-2-3-15(25-11)17(23)19-8-12-13-9-20(7-5-16(21)22)10-18(13)6-4-14(12)24-18/h2-3,12-14H,4-10H2,1H3,(H,19,23)(H,21,22)/t12-,13+,14+,18+/m0/s1. The fourth-order valence-electron chi connectivity index (χ4n) is 4.84. The molecule has 2 N–H and O–H groups in total. The summed E-state index contributed by atoms with van der Waals surface area (Å²) in [6.45, 7) is 4.92. The van der Waals surface area contributed by atoms with Crippen LogP contribution in [0.25, 0.3) is 0 Å². The molecule has 0 aliphatic carbocycles. The van der Waals surface area contributed by atoms with Crippen molar-refractivity contribution in [2.45, 2.75) is 37.9 Å². The van der Waals surface area contributed by atoms with Crippen molar-refractivity contribution < 1.29 is 19.4 Å². The number of nitrogens with one attached hydrogen (secondary N) is 1. The number of ether oxygens (including phenoxy) is 1. The molecule has 4 atom stereocenters. The summed E-state index contributed by atoms with van der Waals surface area (Å²) in [5.74, 6) is -0.0375. The van der Waals surface area contributed by atoms with E-state index in [4.69, 9.17) is 9.84 Å². The molecule has 136 valence electrons. The smallest absolute Gasteiger partial charge is 0.304 e. The third-order valence-electron chi connectivity index (χ3n) is 5.96. The van der Waals surface area contributed by atoms with Crippen LogP contribution < -0.4 is 5.32 Å². The van der Waals surface area contributed by atoms with Crippen LogP contribution in [0, 0.1) is 18.8 Å².